The van der Waals surface area contributed by atoms with Crippen molar-refractivity contribution in [3.05, 3.63) is 59.7 Å². The lowest BCUT2D eigenvalue weighted by molar-refractivity contribution is -0.131. The Morgan fingerprint density at radius 3 is 2.45 bits per heavy atom. The van der Waals surface area contributed by atoms with Crippen LogP contribution in [0.2, 0.25) is 0 Å². The fraction of sp³-hybridized carbons (Fsp3) is 0.400. The van der Waals surface area contributed by atoms with Crippen molar-refractivity contribution in [1.82, 2.24) is 5.32 Å². The Labute approximate surface area is 183 Å². The summed E-state index contributed by atoms with van der Waals surface area (Å²) in [6.45, 7) is 1.79. The van der Waals surface area contributed by atoms with Gasteiger partial charge in [-0.25, -0.2) is 0 Å². The summed E-state index contributed by atoms with van der Waals surface area (Å²) in [5, 5.41) is 5.80. The van der Waals surface area contributed by atoms with Crippen LogP contribution in [0, 0.1) is 5.92 Å². The van der Waals surface area contributed by atoms with E-state index in [2.05, 4.69) is 10.6 Å². The molecule has 0 unspecified atom stereocenters. The standard InChI is InChI=1S/C25H30N2O4/c1-18(28)31-23-9-5-8-21(16-23)25(30)27-22-13-10-20(11-14-22)17-26-24(29)15-12-19-6-3-2-4-7-19/h5,8-11,13-14,16,19H,2-4,6-7,12,15,17H2,1H3,(H,26,29)(H,27,30). The van der Waals surface area contributed by atoms with Crippen LogP contribution in [0.4, 0.5) is 5.69 Å². The molecular weight excluding hydrogens is 392 g/mol. The molecule has 1 saturated carbocycles. The number of hydrogen-bond donors (Lipinski definition) is 2. The monoisotopic (exact) mass is 422 g/mol. The molecule has 0 aromatic heterocycles. The Bertz CT molecular complexity index is 902. The number of rotatable bonds is 8. The van der Waals surface area contributed by atoms with Crippen LogP contribution in [0.25, 0.3) is 0 Å². The molecule has 0 atom stereocenters. The highest BCUT2D eigenvalue weighted by Gasteiger charge is 2.14. The van der Waals surface area contributed by atoms with Crippen LogP contribution < -0.4 is 15.4 Å². The normalized spacial score (nSPS) is 14.0. The third-order valence-corrected chi connectivity index (χ3v) is 5.56. The molecule has 2 aromatic carbocycles. The maximum atomic E-state index is 12.4. The summed E-state index contributed by atoms with van der Waals surface area (Å²) in [5.41, 5.74) is 2.02. The SMILES string of the molecule is CC(=O)Oc1cccc(C(=O)Nc2ccc(CNC(=O)CCC3CCCCC3)cc2)c1. The first kappa shape index (κ1) is 22.5. The molecule has 0 heterocycles. The number of carbonyl (C=O) groups excluding carboxylic acids is 3. The molecular formula is C25H30N2O4. The fourth-order valence-electron chi connectivity index (χ4n) is 3.88. The highest BCUT2D eigenvalue weighted by Crippen LogP contribution is 2.27. The van der Waals surface area contributed by atoms with E-state index in [0.717, 1.165) is 12.0 Å². The van der Waals surface area contributed by atoms with Gasteiger partial charge >= 0.3 is 5.97 Å². The van der Waals surface area contributed by atoms with E-state index in [1.807, 2.05) is 12.1 Å². The molecule has 0 radical (unpaired) electrons. The van der Waals surface area contributed by atoms with Crippen molar-refractivity contribution < 1.29 is 19.1 Å². The summed E-state index contributed by atoms with van der Waals surface area (Å²) in [4.78, 5) is 35.6. The molecule has 164 valence electrons. The van der Waals surface area contributed by atoms with E-state index >= 15 is 0 Å². The molecule has 1 aliphatic rings. The number of benzene rings is 2. The number of ether oxygens (including phenoxy) is 1. The van der Waals surface area contributed by atoms with E-state index in [1.165, 1.54) is 45.1 Å². The molecule has 1 aliphatic carbocycles. The summed E-state index contributed by atoms with van der Waals surface area (Å²) in [7, 11) is 0. The lowest BCUT2D eigenvalue weighted by Crippen LogP contribution is -2.23. The highest BCUT2D eigenvalue weighted by molar-refractivity contribution is 6.04. The number of nitrogens with one attached hydrogen (secondary N) is 2. The van der Waals surface area contributed by atoms with Crippen LogP contribution in [0.1, 0.15) is 67.8 Å². The number of carbonyl (C=O) groups is 3. The molecule has 3 rings (SSSR count). The summed E-state index contributed by atoms with van der Waals surface area (Å²) >= 11 is 0. The van der Waals surface area contributed by atoms with E-state index in [-0.39, 0.29) is 11.8 Å². The van der Waals surface area contributed by atoms with E-state index < -0.39 is 5.97 Å². The molecule has 2 N–H and O–H groups in total. The second-order valence-corrected chi connectivity index (χ2v) is 8.09. The first-order valence-corrected chi connectivity index (χ1v) is 10.9. The largest absolute Gasteiger partial charge is 0.427 e. The van der Waals surface area contributed by atoms with Crippen molar-refractivity contribution in [3.63, 3.8) is 0 Å². The molecule has 0 saturated heterocycles. The predicted molar refractivity (Wildman–Crippen MR) is 120 cm³/mol. The Morgan fingerprint density at radius 1 is 1.00 bits per heavy atom. The zero-order chi connectivity index (χ0) is 22.1. The van der Waals surface area contributed by atoms with Gasteiger partial charge in [-0.05, 0) is 48.2 Å². The lowest BCUT2D eigenvalue weighted by atomic mass is 9.86. The van der Waals surface area contributed by atoms with Crippen LogP contribution in [-0.4, -0.2) is 17.8 Å². The van der Waals surface area contributed by atoms with Crippen LogP contribution in [-0.2, 0) is 16.1 Å². The van der Waals surface area contributed by atoms with E-state index in [9.17, 15) is 14.4 Å². The van der Waals surface area contributed by atoms with E-state index in [4.69, 9.17) is 4.74 Å². The number of anilines is 1. The average molecular weight is 423 g/mol. The van der Waals surface area contributed by atoms with Crippen LogP contribution >= 0.6 is 0 Å². The maximum absolute atomic E-state index is 12.4. The van der Waals surface area contributed by atoms with Gasteiger partial charge in [0.1, 0.15) is 5.75 Å². The zero-order valence-corrected chi connectivity index (χ0v) is 18.0. The van der Waals surface area contributed by atoms with Gasteiger partial charge in [-0.1, -0.05) is 50.3 Å². The molecule has 6 nitrogen and oxygen atoms in total. The Hall–Kier alpha value is -3.15. The van der Waals surface area contributed by atoms with Gasteiger partial charge in [0.25, 0.3) is 5.91 Å². The maximum Gasteiger partial charge on any atom is 0.308 e. The molecule has 0 bridgehead atoms. The van der Waals surface area contributed by atoms with E-state index in [0.29, 0.717) is 35.9 Å². The van der Waals surface area contributed by atoms with Crippen molar-refractivity contribution in [2.75, 3.05) is 5.32 Å². The first-order chi connectivity index (χ1) is 15.0. The van der Waals surface area contributed by atoms with Gasteiger partial charge in [-0.3, -0.25) is 14.4 Å². The van der Waals surface area contributed by atoms with Crippen LogP contribution in [0.15, 0.2) is 48.5 Å². The molecule has 31 heavy (non-hydrogen) atoms. The summed E-state index contributed by atoms with van der Waals surface area (Å²) in [5.74, 6) is 0.398. The van der Waals surface area contributed by atoms with Gasteiger partial charge in [0.05, 0.1) is 0 Å². The smallest absolute Gasteiger partial charge is 0.308 e. The van der Waals surface area contributed by atoms with Gasteiger partial charge in [-0.2, -0.15) is 0 Å². The number of hydrogen-bond acceptors (Lipinski definition) is 4. The minimum Gasteiger partial charge on any atom is -0.427 e. The van der Waals surface area contributed by atoms with Gasteiger partial charge in [-0.15, -0.1) is 0 Å². The Balaban J connectivity index is 1.44. The third-order valence-electron chi connectivity index (χ3n) is 5.56. The summed E-state index contributed by atoms with van der Waals surface area (Å²) < 4.78 is 5.02. The van der Waals surface area contributed by atoms with Crippen molar-refractivity contribution in [3.8, 4) is 5.75 Å². The molecule has 6 heteroatoms. The van der Waals surface area contributed by atoms with Gasteiger partial charge in [0, 0.05) is 31.1 Å². The second kappa shape index (κ2) is 11.3. The average Bonchev–Trinajstić information content (AvgIpc) is 2.77. The second-order valence-electron chi connectivity index (χ2n) is 8.09. The van der Waals surface area contributed by atoms with Gasteiger partial charge < -0.3 is 15.4 Å². The summed E-state index contributed by atoms with van der Waals surface area (Å²) in [6, 6.07) is 13.8. The zero-order valence-electron chi connectivity index (χ0n) is 18.0. The molecule has 0 aliphatic heterocycles. The van der Waals surface area contributed by atoms with Crippen molar-refractivity contribution in [2.45, 2.75) is 58.4 Å². The summed E-state index contributed by atoms with van der Waals surface area (Å²) in [6.07, 6.45) is 8.02. The lowest BCUT2D eigenvalue weighted by Gasteiger charge is -2.21. The minimum absolute atomic E-state index is 0.0932. The van der Waals surface area contributed by atoms with Crippen LogP contribution in [0.5, 0.6) is 5.75 Å². The van der Waals surface area contributed by atoms with Crippen molar-refractivity contribution in [2.24, 2.45) is 5.92 Å². The number of esters is 1. The van der Waals surface area contributed by atoms with Crippen molar-refractivity contribution in [1.29, 1.82) is 0 Å². The molecule has 1 fully saturated rings. The topological polar surface area (TPSA) is 84.5 Å². The molecule has 0 spiro atoms. The third kappa shape index (κ3) is 7.55. The predicted octanol–water partition coefficient (Wildman–Crippen LogP) is 4.84. The van der Waals surface area contributed by atoms with Crippen LogP contribution in [0.3, 0.4) is 0 Å². The Morgan fingerprint density at radius 2 is 1.74 bits per heavy atom. The molecule has 2 aromatic rings. The fourth-order valence-corrected chi connectivity index (χ4v) is 3.88. The van der Waals surface area contributed by atoms with E-state index in [1.54, 1.807) is 30.3 Å². The van der Waals surface area contributed by atoms with Gasteiger partial charge in [0.15, 0.2) is 0 Å². The first-order valence-electron chi connectivity index (χ1n) is 10.9. The quantitative estimate of drug-likeness (QED) is 0.471. The molecule has 2 amide bonds. The minimum atomic E-state index is -0.436. The van der Waals surface area contributed by atoms with Gasteiger partial charge in [0.2, 0.25) is 5.91 Å². The Kier molecular flexibility index (Phi) is 8.21. The highest BCUT2D eigenvalue weighted by atomic mass is 16.5. The number of amides is 2. The van der Waals surface area contributed by atoms with Crippen molar-refractivity contribution >= 4 is 23.5 Å².